The maximum atomic E-state index is 6.10. The third-order valence-electron chi connectivity index (χ3n) is 5.00. The summed E-state index contributed by atoms with van der Waals surface area (Å²) in [6.45, 7) is 6.29. The summed E-state index contributed by atoms with van der Waals surface area (Å²) in [4.78, 5) is 20.4. The molecule has 0 saturated carbocycles. The number of aryl methyl sites for hydroxylation is 2. The SMILES string of the molecule is Cc1ccc(-c2ccnc(N3CCCC(OCc4ccccn4)C3)n2)c(C)n1. The first-order chi connectivity index (χ1) is 13.7. The van der Waals surface area contributed by atoms with E-state index in [1.165, 1.54) is 0 Å². The van der Waals surface area contributed by atoms with Crippen LogP contribution in [0.4, 0.5) is 5.95 Å². The molecule has 4 heterocycles. The number of rotatable bonds is 5. The lowest BCUT2D eigenvalue weighted by Gasteiger charge is -2.32. The molecule has 0 aromatic carbocycles. The van der Waals surface area contributed by atoms with Crippen molar-refractivity contribution in [1.82, 2.24) is 19.9 Å². The van der Waals surface area contributed by atoms with Gasteiger partial charge in [0.2, 0.25) is 5.95 Å². The van der Waals surface area contributed by atoms with E-state index < -0.39 is 0 Å². The maximum absolute atomic E-state index is 6.10. The Hall–Kier alpha value is -2.86. The molecule has 6 heteroatoms. The molecular formula is C22H25N5O. The lowest BCUT2D eigenvalue weighted by Crippen LogP contribution is -2.40. The molecule has 0 N–H and O–H groups in total. The Morgan fingerprint density at radius 2 is 1.96 bits per heavy atom. The molecule has 0 bridgehead atoms. The van der Waals surface area contributed by atoms with Crippen LogP contribution in [0, 0.1) is 13.8 Å². The van der Waals surface area contributed by atoms with E-state index in [1.807, 2.05) is 50.4 Å². The van der Waals surface area contributed by atoms with Crippen LogP contribution in [0.25, 0.3) is 11.3 Å². The zero-order valence-corrected chi connectivity index (χ0v) is 16.4. The van der Waals surface area contributed by atoms with Gasteiger partial charge < -0.3 is 9.64 Å². The van der Waals surface area contributed by atoms with Gasteiger partial charge in [-0.05, 0) is 57.0 Å². The van der Waals surface area contributed by atoms with Crippen molar-refractivity contribution in [2.45, 2.75) is 39.4 Å². The van der Waals surface area contributed by atoms with Gasteiger partial charge in [0.1, 0.15) is 0 Å². The van der Waals surface area contributed by atoms with E-state index in [-0.39, 0.29) is 6.10 Å². The van der Waals surface area contributed by atoms with Crippen LogP contribution >= 0.6 is 0 Å². The van der Waals surface area contributed by atoms with Gasteiger partial charge in [-0.1, -0.05) is 6.07 Å². The van der Waals surface area contributed by atoms with Gasteiger partial charge in [-0.15, -0.1) is 0 Å². The Morgan fingerprint density at radius 3 is 2.79 bits per heavy atom. The van der Waals surface area contributed by atoms with Crippen LogP contribution < -0.4 is 4.90 Å². The number of aromatic nitrogens is 4. The van der Waals surface area contributed by atoms with Gasteiger partial charge in [0.25, 0.3) is 0 Å². The summed E-state index contributed by atoms with van der Waals surface area (Å²) in [6, 6.07) is 11.9. The first-order valence-electron chi connectivity index (χ1n) is 9.73. The van der Waals surface area contributed by atoms with Gasteiger partial charge >= 0.3 is 0 Å². The number of ether oxygens (including phenoxy) is 1. The van der Waals surface area contributed by atoms with Crippen molar-refractivity contribution in [2.24, 2.45) is 0 Å². The number of pyridine rings is 2. The Kier molecular flexibility index (Phi) is 5.58. The summed E-state index contributed by atoms with van der Waals surface area (Å²) in [5.41, 5.74) is 4.92. The van der Waals surface area contributed by atoms with E-state index in [9.17, 15) is 0 Å². The fourth-order valence-electron chi connectivity index (χ4n) is 3.55. The molecule has 3 aromatic heterocycles. The molecule has 3 aromatic rings. The van der Waals surface area contributed by atoms with Crippen LogP contribution in [0.3, 0.4) is 0 Å². The highest BCUT2D eigenvalue weighted by Gasteiger charge is 2.23. The van der Waals surface area contributed by atoms with Gasteiger partial charge in [-0.2, -0.15) is 0 Å². The minimum absolute atomic E-state index is 0.158. The Balaban J connectivity index is 1.46. The second kappa shape index (κ2) is 8.44. The van der Waals surface area contributed by atoms with E-state index >= 15 is 0 Å². The number of anilines is 1. The van der Waals surface area contributed by atoms with Crippen molar-refractivity contribution in [2.75, 3.05) is 18.0 Å². The quantitative estimate of drug-likeness (QED) is 0.677. The van der Waals surface area contributed by atoms with Gasteiger partial charge in [0.15, 0.2) is 0 Å². The molecule has 0 aliphatic carbocycles. The van der Waals surface area contributed by atoms with Crippen molar-refractivity contribution in [3.8, 4) is 11.3 Å². The highest BCUT2D eigenvalue weighted by atomic mass is 16.5. The first kappa shape index (κ1) is 18.5. The molecule has 1 fully saturated rings. The molecule has 4 rings (SSSR count). The Labute approximate surface area is 165 Å². The molecule has 0 amide bonds. The second-order valence-electron chi connectivity index (χ2n) is 7.17. The number of hydrogen-bond donors (Lipinski definition) is 0. The number of nitrogens with zero attached hydrogens (tertiary/aromatic N) is 5. The second-order valence-corrected chi connectivity index (χ2v) is 7.17. The summed E-state index contributed by atoms with van der Waals surface area (Å²) in [5.74, 6) is 0.753. The first-order valence-corrected chi connectivity index (χ1v) is 9.73. The van der Waals surface area contributed by atoms with Crippen LogP contribution in [-0.2, 0) is 11.3 Å². The van der Waals surface area contributed by atoms with E-state index in [0.29, 0.717) is 6.61 Å². The third kappa shape index (κ3) is 4.34. The summed E-state index contributed by atoms with van der Waals surface area (Å²) in [6.07, 6.45) is 5.89. The molecule has 1 atom stereocenters. The molecule has 0 spiro atoms. The fourth-order valence-corrected chi connectivity index (χ4v) is 3.55. The fraction of sp³-hybridized carbons (Fsp3) is 0.364. The molecule has 144 valence electrons. The number of hydrogen-bond acceptors (Lipinski definition) is 6. The summed E-state index contributed by atoms with van der Waals surface area (Å²) >= 11 is 0. The normalized spacial score (nSPS) is 16.9. The highest BCUT2D eigenvalue weighted by molar-refractivity contribution is 5.62. The van der Waals surface area contributed by atoms with Crippen LogP contribution in [0.15, 0.2) is 48.8 Å². The van der Waals surface area contributed by atoms with Crippen molar-refractivity contribution in [3.05, 3.63) is 65.9 Å². The predicted octanol–water partition coefficient (Wildman–Crippen LogP) is 3.74. The van der Waals surface area contributed by atoms with Crippen LogP contribution in [0.2, 0.25) is 0 Å². The lowest BCUT2D eigenvalue weighted by atomic mass is 10.1. The molecule has 1 saturated heterocycles. The minimum Gasteiger partial charge on any atom is -0.370 e. The Bertz CT molecular complexity index is 931. The molecule has 1 unspecified atom stereocenters. The van der Waals surface area contributed by atoms with Gasteiger partial charge in [-0.25, -0.2) is 9.97 Å². The molecular weight excluding hydrogens is 350 g/mol. The van der Waals surface area contributed by atoms with Gasteiger partial charge in [-0.3, -0.25) is 9.97 Å². The average Bonchev–Trinajstić information content (AvgIpc) is 2.73. The van der Waals surface area contributed by atoms with Crippen LogP contribution in [-0.4, -0.2) is 39.1 Å². The molecule has 1 aliphatic rings. The Morgan fingerprint density at radius 1 is 1.04 bits per heavy atom. The van der Waals surface area contributed by atoms with Crippen LogP contribution in [0.5, 0.6) is 0 Å². The summed E-state index contributed by atoms with van der Waals surface area (Å²) < 4.78 is 6.10. The smallest absolute Gasteiger partial charge is 0.225 e. The van der Waals surface area contributed by atoms with E-state index in [1.54, 1.807) is 6.20 Å². The van der Waals surface area contributed by atoms with Crippen molar-refractivity contribution < 1.29 is 4.74 Å². The van der Waals surface area contributed by atoms with Crippen molar-refractivity contribution in [1.29, 1.82) is 0 Å². The van der Waals surface area contributed by atoms with E-state index in [2.05, 4.69) is 25.9 Å². The van der Waals surface area contributed by atoms with E-state index in [4.69, 9.17) is 9.72 Å². The predicted molar refractivity (Wildman–Crippen MR) is 109 cm³/mol. The van der Waals surface area contributed by atoms with Crippen molar-refractivity contribution in [3.63, 3.8) is 0 Å². The molecule has 28 heavy (non-hydrogen) atoms. The largest absolute Gasteiger partial charge is 0.370 e. The number of piperidine rings is 1. The van der Waals surface area contributed by atoms with Crippen molar-refractivity contribution >= 4 is 5.95 Å². The topological polar surface area (TPSA) is 64.0 Å². The standard InChI is InChI=1S/C22H25N5O/c1-16-8-9-20(17(2)25-16)21-10-12-24-22(26-21)27-13-5-7-19(14-27)28-15-18-6-3-4-11-23-18/h3-4,6,8-12,19H,5,7,13-15H2,1-2H3. The zero-order chi connectivity index (χ0) is 19.3. The average molecular weight is 375 g/mol. The van der Waals surface area contributed by atoms with E-state index in [0.717, 1.165) is 60.2 Å². The third-order valence-corrected chi connectivity index (χ3v) is 5.00. The highest BCUT2D eigenvalue weighted by Crippen LogP contribution is 2.24. The molecule has 1 aliphatic heterocycles. The molecule has 6 nitrogen and oxygen atoms in total. The summed E-state index contributed by atoms with van der Waals surface area (Å²) in [7, 11) is 0. The molecule has 0 radical (unpaired) electrons. The maximum Gasteiger partial charge on any atom is 0.225 e. The zero-order valence-electron chi connectivity index (χ0n) is 16.4. The minimum atomic E-state index is 0.158. The van der Waals surface area contributed by atoms with Crippen LogP contribution in [0.1, 0.15) is 29.9 Å². The van der Waals surface area contributed by atoms with Gasteiger partial charge in [0, 0.05) is 42.4 Å². The summed E-state index contributed by atoms with van der Waals surface area (Å²) in [5, 5.41) is 0. The van der Waals surface area contributed by atoms with Gasteiger partial charge in [0.05, 0.1) is 24.1 Å². The lowest BCUT2D eigenvalue weighted by molar-refractivity contribution is 0.0295. The monoisotopic (exact) mass is 375 g/mol.